The Kier molecular flexibility index (Phi) is 8.54. The molecular formula is C25H30BrN5O2S. The Morgan fingerprint density at radius 1 is 1.03 bits per heavy atom. The van der Waals surface area contributed by atoms with E-state index in [-0.39, 0.29) is 29.5 Å². The number of hydrogen-bond acceptors (Lipinski definition) is 5. The summed E-state index contributed by atoms with van der Waals surface area (Å²) in [5.41, 5.74) is 4.61. The number of carbonyl (C=O) groups excluding carboxylic acids is 2. The number of benzene rings is 2. The largest absolute Gasteiger partial charge is 0.342 e. The van der Waals surface area contributed by atoms with E-state index in [2.05, 4.69) is 36.8 Å². The molecule has 34 heavy (non-hydrogen) atoms. The van der Waals surface area contributed by atoms with Crippen molar-refractivity contribution < 1.29 is 9.59 Å². The lowest BCUT2D eigenvalue weighted by Gasteiger charge is -2.21. The first kappa shape index (κ1) is 26.0. The fraction of sp³-hybridized carbons (Fsp3) is 0.360. The van der Waals surface area contributed by atoms with Gasteiger partial charge in [-0.25, -0.2) is 0 Å². The average molecular weight is 545 g/mol. The Hall–Kier alpha value is -2.65. The Morgan fingerprint density at radius 3 is 2.35 bits per heavy atom. The number of aryl methyl sites for hydroxylation is 1. The van der Waals surface area contributed by atoms with Gasteiger partial charge in [0.05, 0.1) is 11.8 Å². The summed E-state index contributed by atoms with van der Waals surface area (Å²) in [5, 5.41) is 15.3. The van der Waals surface area contributed by atoms with E-state index in [4.69, 9.17) is 0 Å². The number of nitrogens with one attached hydrogen (secondary N) is 2. The summed E-state index contributed by atoms with van der Waals surface area (Å²) in [4.78, 5) is 25.4. The van der Waals surface area contributed by atoms with Gasteiger partial charge >= 0.3 is 0 Å². The minimum atomic E-state index is -0.317. The van der Waals surface area contributed by atoms with Crippen LogP contribution < -0.4 is 10.6 Å². The van der Waals surface area contributed by atoms with Gasteiger partial charge in [-0.05, 0) is 62.1 Å². The second-order valence-corrected chi connectivity index (χ2v) is 10.4. The number of anilines is 1. The van der Waals surface area contributed by atoms with Crippen molar-refractivity contribution in [3.05, 3.63) is 68.9 Å². The Bertz CT molecular complexity index is 1190. The summed E-state index contributed by atoms with van der Waals surface area (Å²) in [5.74, 6) is 0.672. The molecule has 0 aliphatic heterocycles. The van der Waals surface area contributed by atoms with Crippen LogP contribution in [0.5, 0.6) is 0 Å². The number of amides is 2. The van der Waals surface area contributed by atoms with Gasteiger partial charge in [0.1, 0.15) is 0 Å². The standard InChI is InChI=1S/C25H30BrN5O2S/c1-14(2)22(28-24(33)18-9-7-15(3)8-10-18)23-29-30-25(31(23)6)34-13-21(32)27-20-12-11-19(26)16(4)17(20)5/h7-12,14,22H,13H2,1-6H3,(H,27,32)(H,28,33)/t22-/m0/s1. The highest BCUT2D eigenvalue weighted by molar-refractivity contribution is 9.10. The molecule has 1 atom stereocenters. The molecule has 1 aromatic heterocycles. The lowest BCUT2D eigenvalue weighted by molar-refractivity contribution is -0.113. The summed E-state index contributed by atoms with van der Waals surface area (Å²) in [6.07, 6.45) is 0. The van der Waals surface area contributed by atoms with Gasteiger partial charge < -0.3 is 15.2 Å². The first-order valence-electron chi connectivity index (χ1n) is 11.0. The molecule has 0 saturated heterocycles. The SMILES string of the molecule is Cc1ccc(C(=O)N[C@H](c2nnc(SCC(=O)Nc3ccc(Br)c(C)c3C)n2C)C(C)C)cc1. The van der Waals surface area contributed by atoms with E-state index in [0.717, 1.165) is 26.9 Å². The number of carbonyl (C=O) groups is 2. The molecule has 0 aliphatic rings. The number of hydrogen-bond donors (Lipinski definition) is 2. The van der Waals surface area contributed by atoms with Crippen molar-refractivity contribution in [1.82, 2.24) is 20.1 Å². The second kappa shape index (κ2) is 11.2. The molecule has 180 valence electrons. The van der Waals surface area contributed by atoms with Crippen molar-refractivity contribution in [3.8, 4) is 0 Å². The van der Waals surface area contributed by atoms with Gasteiger partial charge in [-0.2, -0.15) is 0 Å². The van der Waals surface area contributed by atoms with Crippen LogP contribution in [-0.4, -0.2) is 32.3 Å². The van der Waals surface area contributed by atoms with Gasteiger partial charge in [0.2, 0.25) is 5.91 Å². The third-order valence-electron chi connectivity index (χ3n) is 5.74. The first-order chi connectivity index (χ1) is 16.1. The predicted molar refractivity (Wildman–Crippen MR) is 140 cm³/mol. The van der Waals surface area contributed by atoms with Crippen LogP contribution in [0.1, 0.15) is 52.8 Å². The molecule has 2 N–H and O–H groups in total. The normalized spacial score (nSPS) is 12.0. The van der Waals surface area contributed by atoms with Crippen LogP contribution in [0.15, 0.2) is 46.0 Å². The maximum atomic E-state index is 12.8. The fourth-order valence-corrected chi connectivity index (χ4v) is 4.57. The van der Waals surface area contributed by atoms with Crippen LogP contribution in [0.4, 0.5) is 5.69 Å². The number of thioether (sulfide) groups is 1. The van der Waals surface area contributed by atoms with Crippen molar-refractivity contribution in [3.63, 3.8) is 0 Å². The second-order valence-electron chi connectivity index (χ2n) is 8.64. The number of rotatable bonds is 8. The minimum absolute atomic E-state index is 0.0991. The molecule has 0 saturated carbocycles. The summed E-state index contributed by atoms with van der Waals surface area (Å²) in [7, 11) is 1.85. The highest BCUT2D eigenvalue weighted by Crippen LogP contribution is 2.27. The molecular weight excluding hydrogens is 514 g/mol. The van der Waals surface area contributed by atoms with Gasteiger partial charge in [-0.15, -0.1) is 10.2 Å². The third kappa shape index (κ3) is 6.07. The van der Waals surface area contributed by atoms with Crippen LogP contribution in [0.25, 0.3) is 0 Å². The van der Waals surface area contributed by atoms with Crippen LogP contribution in [0.3, 0.4) is 0 Å². The van der Waals surface area contributed by atoms with E-state index in [0.29, 0.717) is 16.5 Å². The maximum Gasteiger partial charge on any atom is 0.251 e. The van der Waals surface area contributed by atoms with Gasteiger partial charge in [-0.3, -0.25) is 9.59 Å². The molecule has 2 amide bonds. The minimum Gasteiger partial charge on any atom is -0.342 e. The van der Waals surface area contributed by atoms with E-state index in [9.17, 15) is 9.59 Å². The van der Waals surface area contributed by atoms with Crippen LogP contribution in [0.2, 0.25) is 0 Å². The molecule has 0 spiro atoms. The zero-order valence-corrected chi connectivity index (χ0v) is 22.7. The molecule has 0 radical (unpaired) electrons. The quantitative estimate of drug-likeness (QED) is 0.373. The molecule has 9 heteroatoms. The third-order valence-corrected chi connectivity index (χ3v) is 7.62. The molecule has 0 fully saturated rings. The Labute approximate surface area is 213 Å². The van der Waals surface area contributed by atoms with E-state index in [1.54, 1.807) is 0 Å². The summed E-state index contributed by atoms with van der Waals surface area (Å²) < 4.78 is 2.85. The van der Waals surface area contributed by atoms with Crippen molar-refractivity contribution >= 4 is 45.2 Å². The fourth-order valence-electron chi connectivity index (χ4n) is 3.42. The van der Waals surface area contributed by atoms with Gasteiger partial charge in [0.15, 0.2) is 11.0 Å². The maximum absolute atomic E-state index is 12.8. The van der Waals surface area contributed by atoms with Gasteiger partial charge in [0, 0.05) is 22.8 Å². The highest BCUT2D eigenvalue weighted by Gasteiger charge is 2.25. The zero-order valence-electron chi connectivity index (χ0n) is 20.3. The Morgan fingerprint density at radius 2 is 1.71 bits per heavy atom. The van der Waals surface area contributed by atoms with Crippen molar-refractivity contribution in [2.45, 2.75) is 45.8 Å². The highest BCUT2D eigenvalue weighted by atomic mass is 79.9. The lowest BCUT2D eigenvalue weighted by atomic mass is 10.0. The molecule has 3 aromatic rings. The van der Waals surface area contributed by atoms with E-state index in [1.807, 2.05) is 82.6 Å². The first-order valence-corrected chi connectivity index (χ1v) is 12.8. The van der Waals surface area contributed by atoms with Crippen LogP contribution >= 0.6 is 27.7 Å². The van der Waals surface area contributed by atoms with Gasteiger partial charge in [0.25, 0.3) is 5.91 Å². The smallest absolute Gasteiger partial charge is 0.251 e. The summed E-state index contributed by atoms with van der Waals surface area (Å²) in [6, 6.07) is 11.0. The van der Waals surface area contributed by atoms with Crippen molar-refractivity contribution in [2.75, 3.05) is 11.1 Å². The molecule has 0 aliphatic carbocycles. The topological polar surface area (TPSA) is 88.9 Å². The molecule has 3 rings (SSSR count). The lowest BCUT2D eigenvalue weighted by Crippen LogP contribution is -2.33. The van der Waals surface area contributed by atoms with E-state index >= 15 is 0 Å². The van der Waals surface area contributed by atoms with Crippen molar-refractivity contribution in [1.29, 1.82) is 0 Å². The summed E-state index contributed by atoms with van der Waals surface area (Å²) >= 11 is 4.82. The van der Waals surface area contributed by atoms with Gasteiger partial charge in [-0.1, -0.05) is 59.2 Å². The predicted octanol–water partition coefficient (Wildman–Crippen LogP) is 5.36. The number of nitrogens with zero attached hydrogens (tertiary/aromatic N) is 3. The Balaban J connectivity index is 1.67. The number of aromatic nitrogens is 3. The summed E-state index contributed by atoms with van der Waals surface area (Å²) in [6.45, 7) is 10.0. The number of halogens is 1. The van der Waals surface area contributed by atoms with E-state index in [1.165, 1.54) is 11.8 Å². The molecule has 0 unspecified atom stereocenters. The monoisotopic (exact) mass is 543 g/mol. The van der Waals surface area contributed by atoms with Crippen molar-refractivity contribution in [2.24, 2.45) is 13.0 Å². The molecule has 7 nitrogen and oxygen atoms in total. The molecule has 0 bridgehead atoms. The molecule has 2 aromatic carbocycles. The van der Waals surface area contributed by atoms with E-state index < -0.39 is 0 Å². The average Bonchev–Trinajstić information content (AvgIpc) is 3.16. The van der Waals surface area contributed by atoms with Crippen LogP contribution in [-0.2, 0) is 11.8 Å². The molecule has 1 heterocycles. The van der Waals surface area contributed by atoms with Crippen LogP contribution in [0, 0.1) is 26.7 Å². The zero-order chi connectivity index (χ0) is 25.0.